The molecular weight excluding hydrogens is 326 g/mol. The molecule has 1 atom stereocenters. The van der Waals surface area contributed by atoms with Crippen molar-refractivity contribution < 1.29 is 14.7 Å². The number of aromatic nitrogens is 2. The van der Waals surface area contributed by atoms with Crippen molar-refractivity contribution in [3.63, 3.8) is 0 Å². The summed E-state index contributed by atoms with van der Waals surface area (Å²) < 4.78 is 2.51. The number of rotatable bonds is 4. The van der Waals surface area contributed by atoms with Gasteiger partial charge >= 0.3 is 5.97 Å². The number of carbonyl (C=O) groups excluding carboxylic acids is 1. The molecule has 2 heterocycles. The van der Waals surface area contributed by atoms with Crippen LogP contribution in [0, 0.1) is 0 Å². The number of nitrogens with zero attached hydrogens (tertiary/aromatic N) is 3. The summed E-state index contributed by atoms with van der Waals surface area (Å²) in [6.45, 7) is 1.80. The number of fused-ring (bicyclic) bond motifs is 1. The zero-order valence-electron chi connectivity index (χ0n) is 12.9. The third-order valence-corrected chi connectivity index (χ3v) is 4.68. The highest BCUT2D eigenvalue weighted by molar-refractivity contribution is 7.16. The molecule has 2 aromatic heterocycles. The van der Waals surface area contributed by atoms with Crippen molar-refractivity contribution in [2.45, 2.75) is 19.4 Å². The van der Waals surface area contributed by atoms with E-state index in [0.717, 1.165) is 10.2 Å². The minimum absolute atomic E-state index is 0.382. The van der Waals surface area contributed by atoms with Crippen molar-refractivity contribution in [3.05, 3.63) is 59.2 Å². The lowest BCUT2D eigenvalue weighted by atomic mass is 10.2. The Morgan fingerprint density at radius 1 is 1.25 bits per heavy atom. The third kappa shape index (κ3) is 2.98. The molecule has 0 spiro atoms. The fraction of sp³-hybridized carbons (Fsp3) is 0.176. The maximum Gasteiger partial charge on any atom is 0.326 e. The number of hydrogen-bond acceptors (Lipinski definition) is 4. The van der Waals surface area contributed by atoms with E-state index < -0.39 is 17.9 Å². The smallest absolute Gasteiger partial charge is 0.326 e. The van der Waals surface area contributed by atoms with Crippen LogP contribution in [0.5, 0.6) is 0 Å². The molecule has 1 N–H and O–H groups in total. The van der Waals surface area contributed by atoms with Gasteiger partial charge in [-0.1, -0.05) is 30.4 Å². The monoisotopic (exact) mass is 341 g/mol. The predicted octanol–water partition coefficient (Wildman–Crippen LogP) is 2.87. The van der Waals surface area contributed by atoms with Crippen molar-refractivity contribution in [1.82, 2.24) is 9.55 Å². The quantitative estimate of drug-likeness (QED) is 0.791. The first-order valence-electron chi connectivity index (χ1n) is 7.43. The minimum Gasteiger partial charge on any atom is -0.480 e. The predicted molar refractivity (Wildman–Crippen MR) is 90.9 cm³/mol. The molecule has 1 aromatic carbocycles. The van der Waals surface area contributed by atoms with Gasteiger partial charge in [0.1, 0.15) is 6.04 Å². The Hall–Kier alpha value is -2.80. The number of para-hydroxylation sites is 1. The first kappa shape index (κ1) is 16.1. The Morgan fingerprint density at radius 2 is 1.96 bits per heavy atom. The second-order valence-electron chi connectivity index (χ2n) is 5.14. The van der Waals surface area contributed by atoms with E-state index in [1.54, 1.807) is 23.6 Å². The lowest BCUT2D eigenvalue weighted by molar-refractivity contribution is -0.140. The number of hydrogen-bond donors (Lipinski definition) is 1. The number of carboxylic acids is 1. The molecule has 122 valence electrons. The van der Waals surface area contributed by atoms with Crippen molar-refractivity contribution in [3.8, 4) is 0 Å². The van der Waals surface area contributed by atoms with Crippen LogP contribution in [0.25, 0.3) is 10.2 Å². The molecule has 1 amide bonds. The third-order valence-electron chi connectivity index (χ3n) is 3.64. The lowest BCUT2D eigenvalue weighted by Gasteiger charge is -2.13. The Bertz CT molecular complexity index is 960. The number of carbonyl (C=O) groups is 2. The number of carboxylic acid groups (broad SMARTS) is 1. The van der Waals surface area contributed by atoms with Gasteiger partial charge in [0.05, 0.1) is 10.2 Å². The highest BCUT2D eigenvalue weighted by Crippen LogP contribution is 2.22. The molecule has 1 unspecified atom stereocenters. The van der Waals surface area contributed by atoms with E-state index >= 15 is 0 Å². The molecule has 3 rings (SSSR count). The van der Waals surface area contributed by atoms with Crippen LogP contribution in [0.3, 0.4) is 0 Å². The largest absolute Gasteiger partial charge is 0.480 e. The molecule has 0 saturated carbocycles. The van der Waals surface area contributed by atoms with Crippen LogP contribution >= 0.6 is 11.3 Å². The molecule has 0 fully saturated rings. The van der Waals surface area contributed by atoms with E-state index in [9.17, 15) is 14.7 Å². The van der Waals surface area contributed by atoms with Crippen molar-refractivity contribution in [2.75, 3.05) is 0 Å². The summed E-state index contributed by atoms with van der Waals surface area (Å²) in [5, 5.41) is 9.53. The first-order chi connectivity index (χ1) is 11.6. The van der Waals surface area contributed by atoms with E-state index in [1.165, 1.54) is 23.7 Å². The van der Waals surface area contributed by atoms with Crippen LogP contribution in [0.15, 0.2) is 53.8 Å². The number of thiazole rings is 1. The number of pyridine rings is 1. The van der Waals surface area contributed by atoms with Gasteiger partial charge in [-0.25, -0.2) is 4.79 Å². The van der Waals surface area contributed by atoms with Crippen molar-refractivity contribution in [2.24, 2.45) is 4.99 Å². The second-order valence-corrected chi connectivity index (χ2v) is 6.15. The summed E-state index contributed by atoms with van der Waals surface area (Å²) in [5.41, 5.74) is 1.18. The molecule has 0 bridgehead atoms. The topological polar surface area (TPSA) is 84.5 Å². The fourth-order valence-electron chi connectivity index (χ4n) is 2.48. The Balaban J connectivity index is 2.22. The van der Waals surface area contributed by atoms with Crippen LogP contribution < -0.4 is 4.80 Å². The normalized spacial score (nSPS) is 13.1. The van der Waals surface area contributed by atoms with E-state index in [4.69, 9.17) is 0 Å². The van der Waals surface area contributed by atoms with E-state index in [0.29, 0.717) is 16.8 Å². The summed E-state index contributed by atoms with van der Waals surface area (Å²) in [7, 11) is 0. The summed E-state index contributed by atoms with van der Waals surface area (Å²) in [5.74, 6) is -1.36. The first-order valence-corrected chi connectivity index (χ1v) is 8.25. The van der Waals surface area contributed by atoms with Crippen LogP contribution in [0.4, 0.5) is 0 Å². The van der Waals surface area contributed by atoms with Gasteiger partial charge in [0.2, 0.25) is 0 Å². The number of aliphatic carboxylic acids is 1. The Kier molecular flexibility index (Phi) is 4.52. The van der Waals surface area contributed by atoms with Crippen LogP contribution in [-0.4, -0.2) is 26.5 Å². The maximum absolute atomic E-state index is 12.4. The standard InChI is InChI=1S/C17H15N3O3S/c1-2-12(16(22)23)20-13-5-3-4-6-14(13)24-17(20)19-15(21)11-7-9-18-10-8-11/h3-10,12H,2H2,1H3,(H,22,23). The van der Waals surface area contributed by atoms with Crippen LogP contribution in [0.2, 0.25) is 0 Å². The molecule has 0 saturated heterocycles. The van der Waals surface area contributed by atoms with Gasteiger partial charge in [-0.15, -0.1) is 0 Å². The summed E-state index contributed by atoms with van der Waals surface area (Å²) in [4.78, 5) is 32.4. The van der Waals surface area contributed by atoms with Crippen molar-refractivity contribution in [1.29, 1.82) is 0 Å². The second kappa shape index (κ2) is 6.76. The van der Waals surface area contributed by atoms with Gasteiger partial charge in [-0.3, -0.25) is 9.78 Å². The molecule has 0 radical (unpaired) electrons. The zero-order valence-corrected chi connectivity index (χ0v) is 13.7. The molecule has 0 aliphatic rings. The minimum atomic E-state index is -0.945. The maximum atomic E-state index is 12.4. The zero-order chi connectivity index (χ0) is 17.1. The van der Waals surface area contributed by atoms with Gasteiger partial charge in [0.15, 0.2) is 4.80 Å². The lowest BCUT2D eigenvalue weighted by Crippen LogP contribution is -2.27. The molecule has 0 aliphatic carbocycles. The van der Waals surface area contributed by atoms with Crippen LogP contribution in [0.1, 0.15) is 29.7 Å². The average molecular weight is 341 g/mol. The van der Waals surface area contributed by atoms with Gasteiger partial charge in [0.25, 0.3) is 5.91 Å². The van der Waals surface area contributed by atoms with Gasteiger partial charge in [-0.2, -0.15) is 4.99 Å². The molecule has 24 heavy (non-hydrogen) atoms. The number of benzene rings is 1. The van der Waals surface area contributed by atoms with E-state index in [1.807, 2.05) is 24.3 Å². The average Bonchev–Trinajstić information content (AvgIpc) is 2.94. The Morgan fingerprint density at radius 3 is 2.62 bits per heavy atom. The van der Waals surface area contributed by atoms with Crippen LogP contribution in [-0.2, 0) is 4.79 Å². The van der Waals surface area contributed by atoms with E-state index in [-0.39, 0.29) is 0 Å². The highest BCUT2D eigenvalue weighted by atomic mass is 32.1. The summed E-state index contributed by atoms with van der Waals surface area (Å²) >= 11 is 1.30. The fourth-order valence-corrected chi connectivity index (χ4v) is 3.55. The molecule has 7 heteroatoms. The van der Waals surface area contributed by atoms with E-state index in [2.05, 4.69) is 9.98 Å². The van der Waals surface area contributed by atoms with Gasteiger partial charge < -0.3 is 9.67 Å². The van der Waals surface area contributed by atoms with Crippen molar-refractivity contribution >= 4 is 33.4 Å². The van der Waals surface area contributed by atoms with Gasteiger partial charge in [0, 0.05) is 18.0 Å². The highest BCUT2D eigenvalue weighted by Gasteiger charge is 2.21. The van der Waals surface area contributed by atoms with Gasteiger partial charge in [-0.05, 0) is 30.7 Å². The SMILES string of the molecule is CCC(C(=O)O)n1c(=NC(=O)c2ccncc2)sc2ccccc21. The molecule has 6 nitrogen and oxygen atoms in total. The number of amides is 1. The summed E-state index contributed by atoms with van der Waals surface area (Å²) in [6, 6.07) is 9.84. The molecule has 0 aliphatic heterocycles. The molecular formula is C17H15N3O3S. The molecule has 3 aromatic rings. The Labute approximate surface area is 141 Å². The summed E-state index contributed by atoms with van der Waals surface area (Å²) in [6.07, 6.45) is 3.44.